The molecule has 0 aromatic rings. The van der Waals surface area contributed by atoms with E-state index in [4.69, 9.17) is 5.73 Å². The van der Waals surface area contributed by atoms with Crippen molar-refractivity contribution in [1.82, 2.24) is 4.90 Å². The SMILES string of the molecule is COC(=O)C=C(C)N1CC(CN)CC1=O. The number of hydrogen-bond acceptors (Lipinski definition) is 4. The molecule has 0 saturated carbocycles. The van der Waals surface area contributed by atoms with E-state index in [0.717, 1.165) is 0 Å². The molecule has 0 aromatic carbocycles. The van der Waals surface area contributed by atoms with Crippen molar-refractivity contribution in [2.24, 2.45) is 11.7 Å². The smallest absolute Gasteiger partial charge is 0.332 e. The molecule has 0 radical (unpaired) electrons. The molecule has 1 unspecified atom stereocenters. The molecule has 84 valence electrons. The number of allylic oxidation sites excluding steroid dienone is 1. The van der Waals surface area contributed by atoms with Gasteiger partial charge in [-0.1, -0.05) is 0 Å². The summed E-state index contributed by atoms with van der Waals surface area (Å²) in [5.41, 5.74) is 6.11. The average Bonchev–Trinajstić information content (AvgIpc) is 2.59. The summed E-state index contributed by atoms with van der Waals surface area (Å²) < 4.78 is 4.49. The summed E-state index contributed by atoms with van der Waals surface area (Å²) in [6, 6.07) is 0. The van der Waals surface area contributed by atoms with Gasteiger partial charge in [-0.2, -0.15) is 0 Å². The van der Waals surface area contributed by atoms with Gasteiger partial charge in [0, 0.05) is 24.7 Å². The molecule has 1 saturated heterocycles. The zero-order chi connectivity index (χ0) is 11.4. The van der Waals surface area contributed by atoms with Gasteiger partial charge in [0.05, 0.1) is 7.11 Å². The van der Waals surface area contributed by atoms with Crippen molar-refractivity contribution in [3.05, 3.63) is 11.8 Å². The van der Waals surface area contributed by atoms with Crippen LogP contribution in [0.4, 0.5) is 0 Å². The molecule has 0 bridgehead atoms. The number of carbonyl (C=O) groups is 2. The van der Waals surface area contributed by atoms with Gasteiger partial charge >= 0.3 is 5.97 Å². The van der Waals surface area contributed by atoms with Gasteiger partial charge in [0.15, 0.2) is 0 Å². The Morgan fingerprint density at radius 3 is 2.87 bits per heavy atom. The Morgan fingerprint density at radius 1 is 1.73 bits per heavy atom. The molecule has 1 heterocycles. The quantitative estimate of drug-likeness (QED) is 0.522. The van der Waals surface area contributed by atoms with Crippen molar-refractivity contribution in [3.63, 3.8) is 0 Å². The molecular weight excluding hydrogens is 196 g/mol. The highest BCUT2D eigenvalue weighted by atomic mass is 16.5. The first kappa shape index (κ1) is 11.7. The second-order valence-electron chi connectivity index (χ2n) is 3.62. The van der Waals surface area contributed by atoms with Crippen molar-refractivity contribution < 1.29 is 14.3 Å². The third kappa shape index (κ3) is 2.79. The van der Waals surface area contributed by atoms with Gasteiger partial charge in [0.25, 0.3) is 0 Å². The average molecular weight is 212 g/mol. The van der Waals surface area contributed by atoms with Gasteiger partial charge in [-0.15, -0.1) is 0 Å². The Bertz CT molecular complexity index is 299. The van der Waals surface area contributed by atoms with Crippen LogP contribution in [0.3, 0.4) is 0 Å². The topological polar surface area (TPSA) is 72.6 Å². The van der Waals surface area contributed by atoms with E-state index in [1.165, 1.54) is 13.2 Å². The lowest BCUT2D eigenvalue weighted by Gasteiger charge is -2.16. The molecule has 0 spiro atoms. The second-order valence-corrected chi connectivity index (χ2v) is 3.62. The van der Waals surface area contributed by atoms with E-state index in [1.807, 2.05) is 0 Å². The van der Waals surface area contributed by atoms with Crippen LogP contribution in [0, 0.1) is 5.92 Å². The van der Waals surface area contributed by atoms with Crippen molar-refractivity contribution in [1.29, 1.82) is 0 Å². The molecule has 0 aliphatic carbocycles. The van der Waals surface area contributed by atoms with E-state index >= 15 is 0 Å². The molecule has 0 aromatic heterocycles. The lowest BCUT2D eigenvalue weighted by molar-refractivity contribution is -0.135. The minimum atomic E-state index is -0.448. The number of ether oxygens (including phenoxy) is 1. The van der Waals surface area contributed by atoms with Gasteiger partial charge in [-0.3, -0.25) is 4.79 Å². The number of carbonyl (C=O) groups excluding carboxylic acids is 2. The summed E-state index contributed by atoms with van der Waals surface area (Å²) >= 11 is 0. The number of rotatable bonds is 3. The highest BCUT2D eigenvalue weighted by molar-refractivity contribution is 5.85. The van der Waals surface area contributed by atoms with Crippen LogP contribution >= 0.6 is 0 Å². The maximum Gasteiger partial charge on any atom is 0.332 e. The van der Waals surface area contributed by atoms with Gasteiger partial charge < -0.3 is 15.4 Å². The van der Waals surface area contributed by atoms with E-state index < -0.39 is 5.97 Å². The summed E-state index contributed by atoms with van der Waals surface area (Å²) in [6.07, 6.45) is 1.78. The number of nitrogens with two attached hydrogens (primary N) is 1. The standard InChI is InChI=1S/C10H16N2O3/c1-7(3-10(14)15-2)12-6-8(5-11)4-9(12)13/h3,8H,4-6,11H2,1-2H3. The van der Waals surface area contributed by atoms with Crippen LogP contribution in [-0.2, 0) is 14.3 Å². The molecule has 1 atom stereocenters. The number of methoxy groups -OCH3 is 1. The number of amides is 1. The Labute approximate surface area is 88.9 Å². The molecule has 1 fully saturated rings. The fraction of sp³-hybridized carbons (Fsp3) is 0.600. The summed E-state index contributed by atoms with van der Waals surface area (Å²) in [5, 5.41) is 0. The summed E-state index contributed by atoms with van der Waals surface area (Å²) in [7, 11) is 1.31. The van der Waals surface area contributed by atoms with Crippen LogP contribution < -0.4 is 5.73 Å². The van der Waals surface area contributed by atoms with Crippen LogP contribution in [-0.4, -0.2) is 37.0 Å². The molecule has 1 aliphatic rings. The molecule has 1 rings (SSSR count). The first-order chi connectivity index (χ1) is 7.08. The largest absolute Gasteiger partial charge is 0.466 e. The highest BCUT2D eigenvalue weighted by Crippen LogP contribution is 2.20. The van der Waals surface area contributed by atoms with Crippen LogP contribution in [0.15, 0.2) is 11.8 Å². The molecule has 5 heteroatoms. The normalized spacial score (nSPS) is 22.1. The van der Waals surface area contributed by atoms with Crippen LogP contribution in [0.25, 0.3) is 0 Å². The van der Waals surface area contributed by atoms with Crippen LogP contribution in [0.1, 0.15) is 13.3 Å². The minimum Gasteiger partial charge on any atom is -0.466 e. The Morgan fingerprint density at radius 2 is 2.40 bits per heavy atom. The summed E-state index contributed by atoms with van der Waals surface area (Å²) in [6.45, 7) is 2.80. The molecule has 1 aliphatic heterocycles. The predicted octanol–water partition coefficient (Wildman–Crippen LogP) is -0.130. The molecule has 2 N–H and O–H groups in total. The van der Waals surface area contributed by atoms with E-state index in [2.05, 4.69) is 4.74 Å². The van der Waals surface area contributed by atoms with Crippen molar-refractivity contribution in [2.45, 2.75) is 13.3 Å². The van der Waals surface area contributed by atoms with E-state index in [9.17, 15) is 9.59 Å². The van der Waals surface area contributed by atoms with Crippen molar-refractivity contribution in [2.75, 3.05) is 20.2 Å². The second kappa shape index (κ2) is 4.93. The number of likely N-dealkylation sites (tertiary alicyclic amines) is 1. The number of esters is 1. The van der Waals surface area contributed by atoms with Gasteiger partial charge in [-0.05, 0) is 19.4 Å². The summed E-state index contributed by atoms with van der Waals surface area (Å²) in [5.74, 6) is -0.238. The monoisotopic (exact) mass is 212 g/mol. The number of hydrogen-bond donors (Lipinski definition) is 1. The highest BCUT2D eigenvalue weighted by Gasteiger charge is 2.29. The van der Waals surface area contributed by atoms with Crippen molar-refractivity contribution >= 4 is 11.9 Å². The van der Waals surface area contributed by atoms with E-state index in [0.29, 0.717) is 25.2 Å². The first-order valence-corrected chi connectivity index (χ1v) is 4.85. The first-order valence-electron chi connectivity index (χ1n) is 4.85. The molecule has 15 heavy (non-hydrogen) atoms. The van der Waals surface area contributed by atoms with E-state index in [1.54, 1.807) is 11.8 Å². The van der Waals surface area contributed by atoms with Gasteiger partial charge in [0.1, 0.15) is 0 Å². The predicted molar refractivity (Wildman–Crippen MR) is 54.6 cm³/mol. The molecular formula is C10H16N2O3. The maximum absolute atomic E-state index is 11.5. The van der Waals surface area contributed by atoms with E-state index in [-0.39, 0.29) is 11.8 Å². The minimum absolute atomic E-state index is 0.0168. The lowest BCUT2D eigenvalue weighted by Crippen LogP contribution is -2.25. The summed E-state index contributed by atoms with van der Waals surface area (Å²) in [4.78, 5) is 24.1. The third-order valence-electron chi connectivity index (χ3n) is 2.49. The van der Waals surface area contributed by atoms with Crippen LogP contribution in [0.2, 0.25) is 0 Å². The fourth-order valence-corrected chi connectivity index (χ4v) is 1.59. The van der Waals surface area contributed by atoms with Crippen LogP contribution in [0.5, 0.6) is 0 Å². The van der Waals surface area contributed by atoms with Gasteiger partial charge in [0.2, 0.25) is 5.91 Å². The maximum atomic E-state index is 11.5. The lowest BCUT2D eigenvalue weighted by atomic mass is 10.1. The zero-order valence-electron chi connectivity index (χ0n) is 9.03. The zero-order valence-corrected chi connectivity index (χ0v) is 9.03. The van der Waals surface area contributed by atoms with Gasteiger partial charge in [-0.25, -0.2) is 4.79 Å². The molecule has 1 amide bonds. The Kier molecular flexibility index (Phi) is 3.85. The molecule has 5 nitrogen and oxygen atoms in total. The third-order valence-corrected chi connectivity index (χ3v) is 2.49. The Hall–Kier alpha value is -1.36. The fourth-order valence-electron chi connectivity index (χ4n) is 1.59. The number of nitrogens with zero attached hydrogens (tertiary/aromatic N) is 1. The Balaban J connectivity index is 2.68. The van der Waals surface area contributed by atoms with Crippen molar-refractivity contribution in [3.8, 4) is 0 Å².